The molecule has 2 aromatic rings. The first-order valence-electron chi connectivity index (χ1n) is 6.24. The van der Waals surface area contributed by atoms with E-state index in [0.29, 0.717) is 22.4 Å². The van der Waals surface area contributed by atoms with Crippen LogP contribution < -0.4 is 5.32 Å². The summed E-state index contributed by atoms with van der Waals surface area (Å²) >= 11 is 0. The number of pyridine rings is 2. The maximum Gasteiger partial charge on any atom is 0.412 e. The van der Waals surface area contributed by atoms with E-state index in [1.807, 2.05) is 0 Å². The molecule has 0 spiro atoms. The Bertz CT molecular complexity index is 635. The van der Waals surface area contributed by atoms with E-state index in [4.69, 9.17) is 4.74 Å². The first-order valence-corrected chi connectivity index (χ1v) is 6.24. The van der Waals surface area contributed by atoms with Crippen LogP contribution in [0.25, 0.3) is 11.0 Å². The van der Waals surface area contributed by atoms with Gasteiger partial charge in [0, 0.05) is 6.20 Å². The van der Waals surface area contributed by atoms with Gasteiger partial charge in [0.2, 0.25) is 0 Å². The summed E-state index contributed by atoms with van der Waals surface area (Å²) in [7, 11) is 0. The molecular weight excluding hydrogens is 258 g/mol. The molecular formula is C14H17N3O3. The Labute approximate surface area is 116 Å². The number of hydrogen-bond donors (Lipinski definition) is 2. The minimum absolute atomic E-state index is 0.214. The first-order chi connectivity index (χ1) is 9.39. The number of rotatable bonds is 2. The van der Waals surface area contributed by atoms with Crippen LogP contribution in [-0.2, 0) is 11.3 Å². The van der Waals surface area contributed by atoms with E-state index in [-0.39, 0.29) is 6.61 Å². The molecule has 0 saturated heterocycles. The lowest BCUT2D eigenvalue weighted by molar-refractivity contribution is 0.0636. The fourth-order valence-electron chi connectivity index (χ4n) is 1.71. The van der Waals surface area contributed by atoms with Crippen LogP contribution in [-0.4, -0.2) is 26.8 Å². The SMILES string of the molecule is CC(C)(C)OC(=O)Nc1cc(CO)nc2cccnc12. The van der Waals surface area contributed by atoms with Crippen molar-refractivity contribution in [3.8, 4) is 0 Å². The van der Waals surface area contributed by atoms with Crippen LogP contribution in [0, 0.1) is 0 Å². The van der Waals surface area contributed by atoms with Crippen LogP contribution in [0.1, 0.15) is 26.5 Å². The molecule has 0 aliphatic rings. The molecule has 0 aliphatic carbocycles. The van der Waals surface area contributed by atoms with Gasteiger partial charge in [-0.1, -0.05) is 0 Å². The maximum absolute atomic E-state index is 11.8. The molecule has 0 atom stereocenters. The molecule has 0 fully saturated rings. The van der Waals surface area contributed by atoms with Gasteiger partial charge in [-0.05, 0) is 39.0 Å². The number of carbonyl (C=O) groups is 1. The van der Waals surface area contributed by atoms with E-state index in [1.54, 1.807) is 45.2 Å². The summed E-state index contributed by atoms with van der Waals surface area (Å²) in [6.45, 7) is 5.14. The maximum atomic E-state index is 11.8. The molecule has 0 bridgehead atoms. The monoisotopic (exact) mass is 275 g/mol. The first kappa shape index (κ1) is 14.2. The van der Waals surface area contributed by atoms with Crippen molar-refractivity contribution in [1.82, 2.24) is 9.97 Å². The van der Waals surface area contributed by atoms with Gasteiger partial charge in [-0.2, -0.15) is 0 Å². The summed E-state index contributed by atoms with van der Waals surface area (Å²) in [5.74, 6) is 0. The van der Waals surface area contributed by atoms with Gasteiger partial charge in [0.15, 0.2) is 0 Å². The number of ether oxygens (including phenoxy) is 1. The summed E-state index contributed by atoms with van der Waals surface area (Å²) in [6, 6.07) is 5.09. The normalized spacial score (nSPS) is 11.4. The van der Waals surface area contributed by atoms with E-state index in [2.05, 4.69) is 15.3 Å². The number of aromatic nitrogens is 2. The average Bonchev–Trinajstić information content (AvgIpc) is 2.36. The van der Waals surface area contributed by atoms with Crippen molar-refractivity contribution >= 4 is 22.8 Å². The summed E-state index contributed by atoms with van der Waals surface area (Å²) < 4.78 is 5.20. The molecule has 2 N–H and O–H groups in total. The Kier molecular flexibility index (Phi) is 3.85. The molecule has 20 heavy (non-hydrogen) atoms. The van der Waals surface area contributed by atoms with Gasteiger partial charge in [-0.15, -0.1) is 0 Å². The smallest absolute Gasteiger partial charge is 0.412 e. The zero-order valence-electron chi connectivity index (χ0n) is 11.7. The highest BCUT2D eigenvalue weighted by atomic mass is 16.6. The Morgan fingerprint density at radius 3 is 2.85 bits per heavy atom. The third-order valence-corrected chi connectivity index (χ3v) is 2.41. The van der Waals surface area contributed by atoms with Gasteiger partial charge in [0.1, 0.15) is 11.1 Å². The van der Waals surface area contributed by atoms with Crippen LogP contribution in [0.3, 0.4) is 0 Å². The number of aliphatic hydroxyl groups excluding tert-OH is 1. The second-order valence-electron chi connectivity index (χ2n) is 5.32. The van der Waals surface area contributed by atoms with Crippen molar-refractivity contribution in [1.29, 1.82) is 0 Å². The number of amides is 1. The minimum Gasteiger partial charge on any atom is -0.444 e. The summed E-state index contributed by atoms with van der Waals surface area (Å²) in [4.78, 5) is 20.3. The van der Waals surface area contributed by atoms with Crippen LogP contribution in [0.2, 0.25) is 0 Å². The van der Waals surface area contributed by atoms with Crippen molar-refractivity contribution in [3.63, 3.8) is 0 Å². The third-order valence-electron chi connectivity index (χ3n) is 2.41. The van der Waals surface area contributed by atoms with Gasteiger partial charge in [-0.25, -0.2) is 9.78 Å². The standard InChI is InChI=1S/C14H17N3O3/c1-14(2,3)20-13(19)17-11-7-9(8-18)16-10-5-4-6-15-12(10)11/h4-7,18H,8H2,1-3H3,(H,16,17,19). The van der Waals surface area contributed by atoms with Crippen molar-refractivity contribution in [2.45, 2.75) is 33.0 Å². The summed E-state index contributed by atoms with van der Waals surface area (Å²) in [5.41, 5.74) is 1.49. The minimum atomic E-state index is -0.583. The fourth-order valence-corrected chi connectivity index (χ4v) is 1.71. The van der Waals surface area contributed by atoms with E-state index in [1.165, 1.54) is 0 Å². The van der Waals surface area contributed by atoms with Gasteiger partial charge < -0.3 is 9.84 Å². The summed E-state index contributed by atoms with van der Waals surface area (Å²) in [5, 5.41) is 11.9. The van der Waals surface area contributed by atoms with Crippen molar-refractivity contribution < 1.29 is 14.6 Å². The van der Waals surface area contributed by atoms with Crippen molar-refractivity contribution in [2.24, 2.45) is 0 Å². The zero-order valence-corrected chi connectivity index (χ0v) is 11.7. The molecule has 106 valence electrons. The topological polar surface area (TPSA) is 84.3 Å². The quantitative estimate of drug-likeness (QED) is 0.879. The molecule has 0 saturated carbocycles. The summed E-state index contributed by atoms with van der Waals surface area (Å²) in [6.07, 6.45) is 1.04. The van der Waals surface area contributed by atoms with E-state index < -0.39 is 11.7 Å². The highest BCUT2D eigenvalue weighted by molar-refractivity contribution is 5.96. The van der Waals surface area contributed by atoms with Gasteiger partial charge in [0.25, 0.3) is 0 Å². The number of nitrogens with zero attached hydrogens (tertiary/aromatic N) is 2. The number of fused-ring (bicyclic) bond motifs is 1. The van der Waals surface area contributed by atoms with Crippen LogP contribution >= 0.6 is 0 Å². The molecule has 2 rings (SSSR count). The molecule has 0 aromatic carbocycles. The average molecular weight is 275 g/mol. The van der Waals surface area contributed by atoms with Crippen LogP contribution in [0.5, 0.6) is 0 Å². The van der Waals surface area contributed by atoms with Gasteiger partial charge in [-0.3, -0.25) is 10.3 Å². The van der Waals surface area contributed by atoms with Crippen molar-refractivity contribution in [2.75, 3.05) is 5.32 Å². The molecule has 0 aliphatic heterocycles. The number of nitrogens with one attached hydrogen (secondary N) is 1. The van der Waals surface area contributed by atoms with E-state index in [0.717, 1.165) is 0 Å². The number of aliphatic hydroxyl groups is 1. The van der Waals surface area contributed by atoms with Crippen LogP contribution in [0.15, 0.2) is 24.4 Å². The molecule has 6 heteroatoms. The molecule has 2 heterocycles. The Morgan fingerprint density at radius 1 is 1.45 bits per heavy atom. The Hall–Kier alpha value is -2.21. The van der Waals surface area contributed by atoms with Crippen LogP contribution in [0.4, 0.5) is 10.5 Å². The zero-order chi connectivity index (χ0) is 14.8. The molecule has 1 amide bonds. The number of carbonyl (C=O) groups excluding carboxylic acids is 1. The van der Waals surface area contributed by atoms with E-state index >= 15 is 0 Å². The largest absolute Gasteiger partial charge is 0.444 e. The lowest BCUT2D eigenvalue weighted by atomic mass is 10.2. The second-order valence-corrected chi connectivity index (χ2v) is 5.32. The Morgan fingerprint density at radius 2 is 2.20 bits per heavy atom. The molecule has 2 aromatic heterocycles. The number of hydrogen-bond acceptors (Lipinski definition) is 5. The predicted octanol–water partition coefficient (Wildman–Crippen LogP) is 2.47. The predicted molar refractivity (Wildman–Crippen MR) is 75.3 cm³/mol. The highest BCUT2D eigenvalue weighted by Gasteiger charge is 2.17. The number of anilines is 1. The van der Waals surface area contributed by atoms with Crippen molar-refractivity contribution in [3.05, 3.63) is 30.1 Å². The fraction of sp³-hybridized carbons (Fsp3) is 0.357. The van der Waals surface area contributed by atoms with E-state index in [9.17, 15) is 9.90 Å². The third kappa shape index (κ3) is 3.42. The molecule has 6 nitrogen and oxygen atoms in total. The lowest BCUT2D eigenvalue weighted by Crippen LogP contribution is -2.27. The second kappa shape index (κ2) is 5.42. The lowest BCUT2D eigenvalue weighted by Gasteiger charge is -2.20. The molecule has 0 radical (unpaired) electrons. The molecule has 0 unspecified atom stereocenters. The van der Waals surface area contributed by atoms with Gasteiger partial charge >= 0.3 is 6.09 Å². The highest BCUT2D eigenvalue weighted by Crippen LogP contribution is 2.22. The van der Waals surface area contributed by atoms with Gasteiger partial charge in [0.05, 0.1) is 23.5 Å². The Balaban J connectivity index is 2.35.